The van der Waals surface area contributed by atoms with Gasteiger partial charge in [-0.15, -0.1) is 0 Å². The van der Waals surface area contributed by atoms with E-state index in [2.05, 4.69) is 94.0 Å². The molecule has 2 aromatic carbocycles. The van der Waals surface area contributed by atoms with Crippen LogP contribution in [0.4, 0.5) is 0 Å². The van der Waals surface area contributed by atoms with Gasteiger partial charge in [0, 0.05) is 81.2 Å². The van der Waals surface area contributed by atoms with Gasteiger partial charge in [-0.25, -0.2) is 14.8 Å². The molecule has 5 aromatic rings. The minimum Gasteiger partial charge on any atom is -0.508 e. The number of carboxylic acids is 1. The number of phenolic OH excluding ortho intramolecular Hbond substituents is 1. The molecular formula is C67H100N26O16S. The third-order valence-electron chi connectivity index (χ3n) is 16.9. The molecule has 33 N–H and O–H groups in total. The number of phenols is 1. The van der Waals surface area contributed by atoms with Crippen LogP contribution in [0.2, 0.25) is 0 Å². The molecule has 110 heavy (non-hydrogen) atoms. The van der Waals surface area contributed by atoms with Gasteiger partial charge in [0.15, 0.2) is 17.9 Å². The first-order valence-electron chi connectivity index (χ1n) is 35.0. The molecule has 3 aromatic heterocycles. The van der Waals surface area contributed by atoms with Crippen molar-refractivity contribution in [2.45, 2.75) is 163 Å². The van der Waals surface area contributed by atoms with Crippen LogP contribution in [0.1, 0.15) is 87.2 Å². The largest absolute Gasteiger partial charge is 0.508 e. The second-order valence-electron chi connectivity index (χ2n) is 25.6. The van der Waals surface area contributed by atoms with Crippen LogP contribution in [0, 0.1) is 16.2 Å². The van der Waals surface area contributed by atoms with E-state index in [1.165, 1.54) is 67.3 Å². The van der Waals surface area contributed by atoms with Crippen LogP contribution in [0.5, 0.6) is 5.75 Å². The zero-order valence-electron chi connectivity index (χ0n) is 60.5. The average Bonchev–Trinajstić information content (AvgIpc) is 1.66. The Hall–Kier alpha value is -12.1. The standard InChI is InChI=1S/C67H100N26O16S/c1-34(95)53(63(107)92-51(31-94)62(106)86-45(12-7-22-80-67(74)75)57(101)91-50(64(108)109)24-35-13-15-39(96)16-14-35)93-61(105)47(25-36-28-81-42-9-4-3-8-40(36)42)89-55(99)43(10-5-20-78-65(70)71)84-58(102)46(17-18-52(69)97)87-60(104)49(27-38-30-77-33-83-38)90-56(100)44(11-6-21-79-66(72)73)85-59(103)48(26-37-29-76-32-82-37)88-54(98)41(68)19-23-110-2/h3-4,8-9,13-16,28-30,32-34,41,43-51,53,81,94-96H,5-7,10-12,17-27,31,68H2,1-2H3,(H2,69,97)(H,76,82)(H,77,83)(H,84,102)(H,85,103)(H,86,106)(H,87,104)(H,88,98)(H,89,99)(H,90,100)(H,91,101)(H,92,107)(H,93,105)(H,108,109)(H4,70,71,78)(H4,72,73,79)(H4,74,75,80)/t34-,41+,43+,44+,45+,46+,47+,48+,49+,50+,51+,53+/m1/s1. The number of hydrogen-bond donors (Lipinski definition) is 28. The van der Waals surface area contributed by atoms with Crippen LogP contribution < -0.4 is 97.8 Å². The zero-order chi connectivity index (χ0) is 81.0. The number of rotatable bonds is 49. The lowest BCUT2D eigenvalue weighted by molar-refractivity contribution is -0.142. The Morgan fingerprint density at radius 3 is 1.34 bits per heavy atom. The van der Waals surface area contributed by atoms with Crippen LogP contribution in [0.25, 0.3) is 10.9 Å². The number of nitrogens with one attached hydrogen (secondary N) is 19. The van der Waals surface area contributed by atoms with Crippen molar-refractivity contribution in [2.24, 2.45) is 28.7 Å². The smallest absolute Gasteiger partial charge is 0.326 e. The first-order valence-corrected chi connectivity index (χ1v) is 36.4. The number of carbonyl (C=O) groups excluding carboxylic acids is 11. The number of fused-ring (bicyclic) bond motifs is 1. The molecule has 0 bridgehead atoms. The summed E-state index contributed by atoms with van der Waals surface area (Å²) in [6.07, 6.45) is 4.51. The summed E-state index contributed by atoms with van der Waals surface area (Å²) in [5, 5.41) is 97.7. The molecule has 12 atom stereocenters. The number of para-hydroxylation sites is 1. The van der Waals surface area contributed by atoms with Crippen molar-refractivity contribution in [1.29, 1.82) is 16.2 Å². The summed E-state index contributed by atoms with van der Waals surface area (Å²) < 4.78 is 0. The first kappa shape index (κ1) is 88.5. The molecule has 43 heteroatoms. The Morgan fingerprint density at radius 2 is 0.909 bits per heavy atom. The number of aliphatic hydroxyl groups excluding tert-OH is 2. The Balaban J connectivity index is 1.44. The molecule has 3 heterocycles. The minimum atomic E-state index is -1.99. The molecular weight excluding hydrogens is 1460 g/mol. The third kappa shape index (κ3) is 30.6. The fourth-order valence-corrected chi connectivity index (χ4v) is 11.6. The van der Waals surface area contributed by atoms with Crippen molar-refractivity contribution >= 4 is 111 Å². The van der Waals surface area contributed by atoms with E-state index in [1.807, 2.05) is 6.26 Å². The summed E-state index contributed by atoms with van der Waals surface area (Å²) in [5.41, 5.74) is 30.2. The average molecular weight is 1560 g/mol. The number of carbonyl (C=O) groups is 12. The minimum absolute atomic E-state index is 0.00455. The number of imidazole rings is 2. The zero-order valence-corrected chi connectivity index (χ0v) is 61.4. The number of guanidine groups is 3. The van der Waals surface area contributed by atoms with Gasteiger partial charge in [-0.05, 0) is 99.6 Å². The molecule has 0 saturated heterocycles. The van der Waals surface area contributed by atoms with Gasteiger partial charge in [-0.1, -0.05) is 30.3 Å². The number of aromatic amines is 3. The van der Waals surface area contributed by atoms with Gasteiger partial charge in [-0.2, -0.15) is 11.8 Å². The molecule has 11 amide bonds. The maximum absolute atomic E-state index is 15.0. The second-order valence-corrected chi connectivity index (χ2v) is 26.6. The van der Waals surface area contributed by atoms with Gasteiger partial charge < -0.3 is 133 Å². The van der Waals surface area contributed by atoms with Crippen molar-refractivity contribution in [3.8, 4) is 5.75 Å². The number of carboxylic acid groups (broad SMARTS) is 1. The Morgan fingerprint density at radius 1 is 0.500 bits per heavy atom. The van der Waals surface area contributed by atoms with Crippen LogP contribution >= 0.6 is 11.8 Å². The number of thioether (sulfide) groups is 1. The number of benzene rings is 2. The summed E-state index contributed by atoms with van der Waals surface area (Å²) in [6.45, 7) is -0.0888. The van der Waals surface area contributed by atoms with Gasteiger partial charge >= 0.3 is 5.97 Å². The van der Waals surface area contributed by atoms with Crippen LogP contribution in [-0.2, 0) is 83.2 Å². The summed E-state index contributed by atoms with van der Waals surface area (Å²) in [5.74, 6) is -13.7. The van der Waals surface area contributed by atoms with Gasteiger partial charge in [0.05, 0.1) is 42.8 Å². The highest BCUT2D eigenvalue weighted by molar-refractivity contribution is 7.98. The van der Waals surface area contributed by atoms with Crippen LogP contribution in [-0.4, -0.2) is 245 Å². The monoisotopic (exact) mass is 1560 g/mol. The van der Waals surface area contributed by atoms with E-state index in [9.17, 15) is 73.2 Å². The number of nitrogens with zero attached hydrogens (tertiary/aromatic N) is 2. The number of H-pyrrole nitrogens is 3. The predicted octanol–water partition coefficient (Wildman–Crippen LogP) is -6.97. The number of aliphatic hydroxyl groups is 2. The molecule has 0 aliphatic carbocycles. The van der Waals surface area contributed by atoms with E-state index in [0.717, 1.165) is 6.92 Å². The molecule has 0 aliphatic rings. The predicted molar refractivity (Wildman–Crippen MR) is 401 cm³/mol. The highest BCUT2D eigenvalue weighted by atomic mass is 32.2. The normalized spacial score (nSPS) is 14.3. The number of aliphatic carboxylic acids is 1. The van der Waals surface area contributed by atoms with Gasteiger partial charge in [0.1, 0.15) is 66.2 Å². The quantitative estimate of drug-likeness (QED) is 0.00977. The van der Waals surface area contributed by atoms with E-state index in [0.29, 0.717) is 33.5 Å². The van der Waals surface area contributed by atoms with Crippen molar-refractivity contribution in [2.75, 3.05) is 38.2 Å². The van der Waals surface area contributed by atoms with E-state index in [4.69, 9.17) is 44.9 Å². The summed E-state index contributed by atoms with van der Waals surface area (Å²) in [6, 6.07) is -5.40. The van der Waals surface area contributed by atoms with E-state index in [-0.39, 0.29) is 102 Å². The maximum atomic E-state index is 15.0. The topological polar surface area (TPSA) is 717 Å². The Kier molecular flexibility index (Phi) is 36.6. The first-order chi connectivity index (χ1) is 52.3. The lowest BCUT2D eigenvalue weighted by atomic mass is 10.0. The maximum Gasteiger partial charge on any atom is 0.326 e. The highest BCUT2D eigenvalue weighted by Gasteiger charge is 2.38. The Bertz CT molecular complexity index is 3920. The number of amides is 11. The summed E-state index contributed by atoms with van der Waals surface area (Å²) >= 11 is 1.45. The molecule has 0 unspecified atom stereocenters. The Labute approximate surface area is 635 Å². The molecule has 42 nitrogen and oxygen atoms in total. The number of aromatic nitrogens is 5. The molecule has 0 radical (unpaired) electrons. The van der Waals surface area contributed by atoms with E-state index >= 15 is 4.79 Å². The summed E-state index contributed by atoms with van der Waals surface area (Å²) in [7, 11) is 0. The number of aromatic hydroxyl groups is 1. The fourth-order valence-electron chi connectivity index (χ4n) is 11.1. The number of primary amides is 1. The summed E-state index contributed by atoms with van der Waals surface area (Å²) in [4.78, 5) is 186. The third-order valence-corrected chi connectivity index (χ3v) is 17.6. The molecule has 600 valence electrons. The number of nitrogens with two attached hydrogens (primary N) is 5. The highest BCUT2D eigenvalue weighted by Crippen LogP contribution is 2.21. The molecule has 0 fully saturated rings. The van der Waals surface area contributed by atoms with Crippen LogP contribution in [0.3, 0.4) is 0 Å². The van der Waals surface area contributed by atoms with Crippen LogP contribution in [0.15, 0.2) is 79.8 Å². The van der Waals surface area contributed by atoms with Crippen molar-refractivity contribution in [3.05, 3.63) is 102 Å². The number of hydrogen-bond acceptors (Lipinski definition) is 22. The fraction of sp³-hybridized carbons (Fsp3) is 0.478. The lowest BCUT2D eigenvalue weighted by Crippen LogP contribution is -2.62. The van der Waals surface area contributed by atoms with Crippen molar-refractivity contribution in [3.63, 3.8) is 0 Å². The second kappa shape index (κ2) is 45.5. The molecule has 0 spiro atoms. The molecule has 0 saturated carbocycles. The lowest BCUT2D eigenvalue weighted by Gasteiger charge is -2.29. The SMILES string of the molecule is CSCC[C@H](N)C(=O)N[C@@H](Cc1c[nH]cn1)C(=O)N[C@@H](CCCNC(=N)N)C(=O)N[C@@H](Cc1c[nH]cn1)C(=O)N[C@@H](CCC(N)=O)C(=O)N[C@@H](CCCNC(=N)N)C(=O)N[C@@H](Cc1c[nH]c2ccccc12)C(=O)N[C@H](C(=O)N[C@@H](CO)C(=O)N[C@@H](CCCNC(=N)N)C(=O)N[C@@H](Cc1ccc(O)cc1)C(=O)O)[C@@H](C)O. The van der Waals surface area contributed by atoms with Gasteiger partial charge in [0.2, 0.25) is 65.0 Å². The van der Waals surface area contributed by atoms with Gasteiger partial charge in [0.25, 0.3) is 0 Å². The van der Waals surface area contributed by atoms with Crippen molar-refractivity contribution < 1.29 is 78.0 Å². The van der Waals surface area contributed by atoms with E-state index < -0.39 is 181 Å². The molecule has 5 rings (SSSR count). The van der Waals surface area contributed by atoms with E-state index in [1.54, 1.807) is 24.3 Å². The molecule has 0 aliphatic heterocycles. The van der Waals surface area contributed by atoms with Crippen molar-refractivity contribution in [1.82, 2.24) is 94.0 Å². The van der Waals surface area contributed by atoms with Gasteiger partial charge in [-0.3, -0.25) is 69.0 Å².